The van der Waals surface area contributed by atoms with Crippen LogP contribution in [-0.4, -0.2) is 34.7 Å². The van der Waals surface area contributed by atoms with E-state index in [2.05, 4.69) is 10.0 Å². The Bertz CT molecular complexity index is 480. The van der Waals surface area contributed by atoms with Gasteiger partial charge in [0.15, 0.2) is 0 Å². The molecule has 18 heavy (non-hydrogen) atoms. The lowest BCUT2D eigenvalue weighted by Gasteiger charge is -2.03. The first-order chi connectivity index (χ1) is 8.62. The van der Waals surface area contributed by atoms with Crippen LogP contribution in [-0.2, 0) is 21.3 Å². The summed E-state index contributed by atoms with van der Waals surface area (Å²) >= 11 is 1.26. The Hall–Kier alpha value is -0.470. The van der Waals surface area contributed by atoms with E-state index in [1.54, 1.807) is 13.2 Å². The van der Waals surface area contributed by atoms with Gasteiger partial charge in [-0.2, -0.15) is 0 Å². The van der Waals surface area contributed by atoms with E-state index in [-0.39, 0.29) is 0 Å². The summed E-state index contributed by atoms with van der Waals surface area (Å²) in [5.74, 6) is 0. The molecule has 1 aliphatic rings. The van der Waals surface area contributed by atoms with Crippen molar-refractivity contribution in [2.75, 3.05) is 20.3 Å². The van der Waals surface area contributed by atoms with Gasteiger partial charge in [-0.1, -0.05) is 0 Å². The van der Waals surface area contributed by atoms with Gasteiger partial charge in [-0.25, -0.2) is 13.1 Å². The van der Waals surface area contributed by atoms with Crippen LogP contribution in [0.4, 0.5) is 0 Å². The number of methoxy groups -OCH3 is 1. The molecule has 1 aliphatic carbocycles. The zero-order valence-corrected chi connectivity index (χ0v) is 11.9. The lowest BCUT2D eigenvalue weighted by Crippen LogP contribution is -2.26. The number of rotatable bonds is 8. The summed E-state index contributed by atoms with van der Waals surface area (Å²) in [4.78, 5) is 0. The highest BCUT2D eigenvalue weighted by molar-refractivity contribution is 7.91. The molecule has 0 spiro atoms. The SMILES string of the molecule is COCCNS(=O)(=O)c1cc(CNC2CC2)cs1. The minimum absolute atomic E-state index is 0.298. The smallest absolute Gasteiger partial charge is 0.250 e. The number of hydrogen-bond donors (Lipinski definition) is 2. The van der Waals surface area contributed by atoms with Gasteiger partial charge in [0.05, 0.1) is 6.61 Å². The van der Waals surface area contributed by atoms with E-state index in [1.165, 1.54) is 24.2 Å². The Balaban J connectivity index is 1.90. The summed E-state index contributed by atoms with van der Waals surface area (Å²) in [5.41, 5.74) is 1.03. The number of ether oxygens (including phenoxy) is 1. The number of nitrogens with one attached hydrogen (secondary N) is 2. The van der Waals surface area contributed by atoms with Gasteiger partial charge in [-0.3, -0.25) is 0 Å². The Morgan fingerprint density at radius 3 is 2.94 bits per heavy atom. The minimum Gasteiger partial charge on any atom is -0.383 e. The maximum atomic E-state index is 11.9. The van der Waals surface area contributed by atoms with Gasteiger partial charge in [0.1, 0.15) is 4.21 Å². The molecule has 1 aromatic rings. The fourth-order valence-electron chi connectivity index (χ4n) is 1.49. The molecule has 2 rings (SSSR count). The van der Waals surface area contributed by atoms with Crippen LogP contribution in [0.3, 0.4) is 0 Å². The number of sulfonamides is 1. The van der Waals surface area contributed by atoms with Crippen molar-refractivity contribution >= 4 is 21.4 Å². The largest absolute Gasteiger partial charge is 0.383 e. The third-order valence-electron chi connectivity index (χ3n) is 2.67. The van der Waals surface area contributed by atoms with E-state index in [0.29, 0.717) is 23.4 Å². The van der Waals surface area contributed by atoms with Crippen LogP contribution in [0.2, 0.25) is 0 Å². The van der Waals surface area contributed by atoms with Crippen LogP contribution in [0.1, 0.15) is 18.4 Å². The van der Waals surface area contributed by atoms with Crippen molar-refractivity contribution in [3.63, 3.8) is 0 Å². The van der Waals surface area contributed by atoms with Crippen molar-refractivity contribution in [2.24, 2.45) is 0 Å². The summed E-state index contributed by atoms with van der Waals surface area (Å²) in [6.07, 6.45) is 2.46. The normalized spacial score (nSPS) is 16.1. The highest BCUT2D eigenvalue weighted by Crippen LogP contribution is 2.22. The fourth-order valence-corrected chi connectivity index (χ4v) is 3.75. The molecule has 0 atom stereocenters. The lowest BCUT2D eigenvalue weighted by atomic mass is 10.3. The van der Waals surface area contributed by atoms with Gasteiger partial charge in [0.25, 0.3) is 0 Å². The van der Waals surface area contributed by atoms with E-state index in [9.17, 15) is 8.42 Å². The first-order valence-corrected chi connectivity index (χ1v) is 8.27. The molecule has 0 aliphatic heterocycles. The van der Waals surface area contributed by atoms with E-state index in [1.807, 2.05) is 5.38 Å². The predicted molar refractivity (Wildman–Crippen MR) is 71.2 cm³/mol. The van der Waals surface area contributed by atoms with Gasteiger partial charge in [0, 0.05) is 26.2 Å². The Morgan fingerprint density at radius 1 is 1.50 bits per heavy atom. The summed E-state index contributed by atoms with van der Waals surface area (Å²) in [6, 6.07) is 2.36. The van der Waals surface area contributed by atoms with Crippen molar-refractivity contribution in [2.45, 2.75) is 29.6 Å². The van der Waals surface area contributed by atoms with Gasteiger partial charge in [-0.15, -0.1) is 11.3 Å². The molecule has 0 amide bonds. The van der Waals surface area contributed by atoms with Crippen LogP contribution in [0.5, 0.6) is 0 Å². The monoisotopic (exact) mass is 290 g/mol. The molecule has 0 bridgehead atoms. The number of hydrogen-bond acceptors (Lipinski definition) is 5. The highest BCUT2D eigenvalue weighted by Gasteiger charge is 2.21. The molecule has 2 N–H and O–H groups in total. The maximum absolute atomic E-state index is 11.9. The molecule has 1 fully saturated rings. The van der Waals surface area contributed by atoms with Crippen molar-refractivity contribution in [3.8, 4) is 0 Å². The van der Waals surface area contributed by atoms with Crippen molar-refractivity contribution in [1.29, 1.82) is 0 Å². The van der Waals surface area contributed by atoms with Crippen molar-refractivity contribution in [1.82, 2.24) is 10.0 Å². The van der Waals surface area contributed by atoms with Crippen LogP contribution in [0.25, 0.3) is 0 Å². The molecule has 7 heteroatoms. The summed E-state index contributed by atoms with van der Waals surface area (Å²) < 4.78 is 31.5. The van der Waals surface area contributed by atoms with Gasteiger partial charge >= 0.3 is 0 Å². The van der Waals surface area contributed by atoms with Crippen LogP contribution in [0, 0.1) is 0 Å². The van der Waals surface area contributed by atoms with Crippen molar-refractivity contribution in [3.05, 3.63) is 17.0 Å². The van der Waals surface area contributed by atoms with Gasteiger partial charge < -0.3 is 10.1 Å². The molecule has 0 radical (unpaired) electrons. The standard InChI is InChI=1S/C11H18N2O3S2/c1-16-5-4-13-18(14,15)11-6-9(8-17-11)7-12-10-2-3-10/h6,8,10,12-13H,2-5,7H2,1H3. The highest BCUT2D eigenvalue weighted by atomic mass is 32.2. The Morgan fingerprint density at radius 2 is 2.28 bits per heavy atom. The zero-order chi connectivity index (χ0) is 13.0. The second-order valence-corrected chi connectivity index (χ2v) is 7.22. The maximum Gasteiger partial charge on any atom is 0.250 e. The molecule has 0 saturated heterocycles. The molecular formula is C11H18N2O3S2. The summed E-state index contributed by atoms with van der Waals surface area (Å²) in [7, 11) is -1.83. The Labute approximate surface area is 112 Å². The lowest BCUT2D eigenvalue weighted by molar-refractivity contribution is 0.204. The quantitative estimate of drug-likeness (QED) is 0.699. The Kier molecular flexibility index (Phi) is 4.74. The molecule has 1 aromatic heterocycles. The molecule has 1 saturated carbocycles. The molecule has 102 valence electrons. The third-order valence-corrected chi connectivity index (χ3v) is 5.61. The first kappa shape index (κ1) is 14.0. The zero-order valence-electron chi connectivity index (χ0n) is 10.3. The molecule has 0 aromatic carbocycles. The third kappa shape index (κ3) is 4.03. The average molecular weight is 290 g/mol. The topological polar surface area (TPSA) is 67.4 Å². The first-order valence-electron chi connectivity index (χ1n) is 5.91. The molecule has 0 unspecified atom stereocenters. The summed E-state index contributed by atoms with van der Waals surface area (Å²) in [6.45, 7) is 1.42. The van der Waals surface area contributed by atoms with E-state index in [0.717, 1.165) is 12.1 Å². The van der Waals surface area contributed by atoms with Crippen LogP contribution >= 0.6 is 11.3 Å². The van der Waals surface area contributed by atoms with E-state index < -0.39 is 10.0 Å². The second-order valence-electron chi connectivity index (χ2n) is 4.32. The number of thiophene rings is 1. The predicted octanol–water partition coefficient (Wildman–Crippen LogP) is 0.925. The van der Waals surface area contributed by atoms with Gasteiger partial charge in [-0.05, 0) is 29.9 Å². The van der Waals surface area contributed by atoms with Crippen molar-refractivity contribution < 1.29 is 13.2 Å². The summed E-state index contributed by atoms with van der Waals surface area (Å²) in [5, 5.41) is 5.25. The van der Waals surface area contributed by atoms with Crippen LogP contribution in [0.15, 0.2) is 15.7 Å². The average Bonchev–Trinajstić information content (AvgIpc) is 3.03. The molecule has 5 nitrogen and oxygen atoms in total. The van der Waals surface area contributed by atoms with E-state index in [4.69, 9.17) is 4.74 Å². The second kappa shape index (κ2) is 6.12. The fraction of sp³-hybridized carbons (Fsp3) is 0.636. The minimum atomic E-state index is -3.37. The van der Waals surface area contributed by atoms with Gasteiger partial charge in [0.2, 0.25) is 10.0 Å². The molecular weight excluding hydrogens is 272 g/mol. The van der Waals surface area contributed by atoms with Crippen LogP contribution < -0.4 is 10.0 Å². The van der Waals surface area contributed by atoms with E-state index >= 15 is 0 Å². The molecule has 1 heterocycles.